The van der Waals surface area contributed by atoms with Crippen molar-refractivity contribution in [2.45, 2.75) is 25.6 Å². The molecule has 1 atom stereocenters. The summed E-state index contributed by atoms with van der Waals surface area (Å²) in [4.78, 5) is 49.2. The highest BCUT2D eigenvalue weighted by atomic mass is 32.2. The average molecular weight is 532 g/mol. The number of benzene rings is 2. The maximum absolute atomic E-state index is 13.4. The van der Waals surface area contributed by atoms with Gasteiger partial charge in [-0.25, -0.2) is 9.89 Å². The normalized spacial score (nSPS) is 15.8. The molecule has 3 amide bonds. The van der Waals surface area contributed by atoms with Gasteiger partial charge in [0.05, 0.1) is 37.8 Å². The van der Waals surface area contributed by atoms with Crippen LogP contribution < -0.4 is 15.4 Å². The van der Waals surface area contributed by atoms with Crippen LogP contribution in [0.3, 0.4) is 0 Å². The van der Waals surface area contributed by atoms with Gasteiger partial charge in [0.1, 0.15) is 23.4 Å². The number of furan rings is 1. The summed E-state index contributed by atoms with van der Waals surface area (Å²) in [5.41, 5.74) is 2.18. The molecule has 1 aromatic heterocycles. The van der Waals surface area contributed by atoms with Gasteiger partial charge in [-0.2, -0.15) is 0 Å². The molecule has 194 valence electrons. The molecule has 0 radical (unpaired) electrons. The number of amidine groups is 2. The van der Waals surface area contributed by atoms with Crippen LogP contribution in [0, 0.1) is 0 Å². The number of hydrogen-bond donors (Lipinski definition) is 2. The van der Waals surface area contributed by atoms with Crippen molar-refractivity contribution in [2.24, 2.45) is 9.98 Å². The van der Waals surface area contributed by atoms with Gasteiger partial charge in [-0.15, -0.1) is 0 Å². The lowest BCUT2D eigenvalue weighted by molar-refractivity contribution is -0.128. The molecule has 0 spiro atoms. The lowest BCUT2D eigenvalue weighted by atomic mass is 10.1. The molecule has 2 N–H and O–H groups in total. The minimum atomic E-state index is -0.896. The fourth-order valence-corrected chi connectivity index (χ4v) is 4.93. The number of thioether (sulfide) groups is 1. The van der Waals surface area contributed by atoms with Crippen molar-refractivity contribution in [3.63, 3.8) is 0 Å². The molecule has 0 bridgehead atoms. The Morgan fingerprint density at radius 2 is 1.82 bits per heavy atom. The van der Waals surface area contributed by atoms with Gasteiger partial charge < -0.3 is 19.8 Å². The Balaban J connectivity index is 1.26. The molecule has 11 heteroatoms. The number of carbonyl (C=O) groups is 3. The summed E-state index contributed by atoms with van der Waals surface area (Å²) in [6.45, 7) is 0.533. The van der Waals surface area contributed by atoms with Crippen LogP contribution in [0.15, 0.2) is 81.3 Å². The number of rotatable bonds is 9. The van der Waals surface area contributed by atoms with Crippen molar-refractivity contribution in [1.82, 2.24) is 15.5 Å². The monoisotopic (exact) mass is 531 g/mol. The molecule has 3 aromatic rings. The molecule has 2 aromatic carbocycles. The van der Waals surface area contributed by atoms with Crippen LogP contribution in [0.4, 0.5) is 5.69 Å². The van der Waals surface area contributed by atoms with E-state index >= 15 is 0 Å². The number of para-hydroxylation sites is 2. The van der Waals surface area contributed by atoms with E-state index in [1.165, 1.54) is 4.90 Å². The minimum Gasteiger partial charge on any atom is -0.496 e. The molecule has 0 saturated heterocycles. The SMILES string of the molecule is COc1ccccc1CNC(=O)C[C@@H]1N=C2c3ccccc3N=C(SCC(=O)NCc3ccco3)N2C1=O. The van der Waals surface area contributed by atoms with Crippen molar-refractivity contribution in [2.75, 3.05) is 12.9 Å². The highest BCUT2D eigenvalue weighted by Gasteiger charge is 2.42. The molecule has 2 aliphatic rings. The number of hydrogen-bond acceptors (Lipinski definition) is 8. The van der Waals surface area contributed by atoms with Crippen LogP contribution in [-0.2, 0) is 27.5 Å². The van der Waals surface area contributed by atoms with E-state index in [1.54, 1.807) is 25.5 Å². The van der Waals surface area contributed by atoms with Crippen molar-refractivity contribution in [3.05, 3.63) is 83.8 Å². The molecule has 5 rings (SSSR count). The van der Waals surface area contributed by atoms with E-state index in [2.05, 4.69) is 20.6 Å². The lowest BCUT2D eigenvalue weighted by Crippen LogP contribution is -2.42. The van der Waals surface area contributed by atoms with E-state index in [0.717, 1.165) is 17.3 Å². The van der Waals surface area contributed by atoms with Gasteiger partial charge in [0.15, 0.2) is 5.17 Å². The summed E-state index contributed by atoms with van der Waals surface area (Å²) in [6.07, 6.45) is 1.43. The Morgan fingerprint density at radius 1 is 1.03 bits per heavy atom. The second-order valence-corrected chi connectivity index (χ2v) is 9.43. The zero-order valence-corrected chi connectivity index (χ0v) is 21.4. The van der Waals surface area contributed by atoms with Gasteiger partial charge in [0.25, 0.3) is 5.91 Å². The van der Waals surface area contributed by atoms with E-state index in [0.29, 0.717) is 33.8 Å². The molecule has 10 nitrogen and oxygen atoms in total. The summed E-state index contributed by atoms with van der Waals surface area (Å²) in [6, 6.07) is 17.4. The molecule has 0 saturated carbocycles. The highest BCUT2D eigenvalue weighted by molar-refractivity contribution is 8.14. The summed E-state index contributed by atoms with van der Waals surface area (Å²) in [5.74, 6) is 0.891. The predicted molar refractivity (Wildman–Crippen MR) is 143 cm³/mol. The Hall–Kier alpha value is -4.38. The van der Waals surface area contributed by atoms with E-state index in [4.69, 9.17) is 9.15 Å². The van der Waals surface area contributed by atoms with Gasteiger partial charge in [-0.1, -0.05) is 42.1 Å². The second-order valence-electron chi connectivity index (χ2n) is 8.49. The Bertz CT molecular complexity index is 1420. The lowest BCUT2D eigenvalue weighted by Gasteiger charge is -2.25. The molecular weight excluding hydrogens is 506 g/mol. The molecule has 0 aliphatic carbocycles. The zero-order chi connectivity index (χ0) is 26.5. The quantitative estimate of drug-likeness (QED) is 0.437. The Labute approximate surface area is 223 Å². The third-order valence-corrected chi connectivity index (χ3v) is 6.91. The fourth-order valence-electron chi connectivity index (χ4n) is 4.10. The smallest absolute Gasteiger partial charge is 0.259 e. The Kier molecular flexibility index (Phi) is 7.55. The van der Waals surface area contributed by atoms with Crippen LogP contribution in [-0.4, -0.2) is 52.5 Å². The molecule has 2 aliphatic heterocycles. The predicted octanol–water partition coefficient (Wildman–Crippen LogP) is 3.00. The maximum Gasteiger partial charge on any atom is 0.259 e. The van der Waals surface area contributed by atoms with Crippen LogP contribution in [0.25, 0.3) is 0 Å². The van der Waals surface area contributed by atoms with Crippen LogP contribution in [0.2, 0.25) is 0 Å². The molecule has 0 fully saturated rings. The minimum absolute atomic E-state index is 0.0445. The second kappa shape index (κ2) is 11.3. The molecule has 3 heterocycles. The first kappa shape index (κ1) is 25.3. The van der Waals surface area contributed by atoms with Crippen LogP contribution in [0.5, 0.6) is 5.75 Å². The van der Waals surface area contributed by atoms with E-state index < -0.39 is 6.04 Å². The molecule has 38 heavy (non-hydrogen) atoms. The maximum atomic E-state index is 13.4. The highest BCUT2D eigenvalue weighted by Crippen LogP contribution is 2.34. The van der Waals surface area contributed by atoms with Gasteiger partial charge in [-0.05, 0) is 30.3 Å². The third-order valence-electron chi connectivity index (χ3n) is 5.97. The summed E-state index contributed by atoms with van der Waals surface area (Å²) >= 11 is 1.14. The summed E-state index contributed by atoms with van der Waals surface area (Å²) in [7, 11) is 1.57. The van der Waals surface area contributed by atoms with Crippen molar-refractivity contribution in [1.29, 1.82) is 0 Å². The summed E-state index contributed by atoms with van der Waals surface area (Å²) in [5, 5.41) is 5.97. The Morgan fingerprint density at radius 3 is 2.63 bits per heavy atom. The number of carbonyl (C=O) groups excluding carboxylic acids is 3. The largest absolute Gasteiger partial charge is 0.496 e. The van der Waals surface area contributed by atoms with E-state index in [9.17, 15) is 14.4 Å². The number of nitrogens with zero attached hydrogens (tertiary/aromatic N) is 3. The average Bonchev–Trinajstić information content (AvgIpc) is 3.58. The number of aliphatic imine (C=N–C) groups is 2. The number of ether oxygens (including phenoxy) is 1. The first-order chi connectivity index (χ1) is 18.5. The van der Waals surface area contributed by atoms with E-state index in [-0.39, 0.29) is 43.0 Å². The van der Waals surface area contributed by atoms with Gasteiger partial charge in [0.2, 0.25) is 11.8 Å². The number of amides is 3. The zero-order valence-electron chi connectivity index (χ0n) is 20.5. The van der Waals surface area contributed by atoms with Gasteiger partial charge in [-0.3, -0.25) is 19.4 Å². The first-order valence-electron chi connectivity index (χ1n) is 11.9. The molecule has 0 unspecified atom stereocenters. The molecular formula is C27H25N5O5S. The van der Waals surface area contributed by atoms with Crippen molar-refractivity contribution in [3.8, 4) is 5.75 Å². The summed E-state index contributed by atoms with van der Waals surface area (Å²) < 4.78 is 10.6. The number of methoxy groups -OCH3 is 1. The number of nitrogens with one attached hydrogen (secondary N) is 2. The fraction of sp³-hybridized carbons (Fsp3) is 0.222. The number of fused-ring (bicyclic) bond motifs is 3. The van der Waals surface area contributed by atoms with Crippen molar-refractivity contribution >= 4 is 46.2 Å². The van der Waals surface area contributed by atoms with Gasteiger partial charge in [0, 0.05) is 17.7 Å². The van der Waals surface area contributed by atoms with Crippen LogP contribution in [0.1, 0.15) is 23.3 Å². The van der Waals surface area contributed by atoms with Crippen molar-refractivity contribution < 1.29 is 23.5 Å². The van der Waals surface area contributed by atoms with Gasteiger partial charge >= 0.3 is 0 Å². The first-order valence-corrected chi connectivity index (χ1v) is 12.9. The van der Waals surface area contributed by atoms with Crippen LogP contribution >= 0.6 is 11.8 Å². The topological polar surface area (TPSA) is 126 Å². The van der Waals surface area contributed by atoms with E-state index in [1.807, 2.05) is 48.5 Å². The third kappa shape index (κ3) is 5.47. The standard InChI is InChI=1S/C27H25N5O5S/c1-36-22-11-5-2-7-17(22)14-28-23(33)13-21-26(35)32-25(30-21)19-9-3-4-10-20(19)31-27(32)38-16-24(34)29-15-18-8-6-12-37-18/h2-12,21H,13-16H2,1H3,(H,28,33)(H,29,34)/t21-/m0/s1.